The maximum absolute atomic E-state index is 13.7. The van der Waals surface area contributed by atoms with Gasteiger partial charge in [0.15, 0.2) is 11.6 Å². The van der Waals surface area contributed by atoms with Crippen LogP contribution in [0.3, 0.4) is 0 Å². The normalized spacial score (nSPS) is 10.2. The Morgan fingerprint density at radius 3 is 2.89 bits per heavy atom. The molecule has 0 aromatic carbocycles. The molecule has 1 aromatic heterocycles. The highest BCUT2D eigenvalue weighted by Crippen LogP contribution is 2.17. The highest BCUT2D eigenvalue weighted by atomic mass is 19.1. The zero-order valence-electron chi connectivity index (χ0n) is 10.6. The van der Waals surface area contributed by atoms with Crippen molar-refractivity contribution in [3.63, 3.8) is 0 Å². The van der Waals surface area contributed by atoms with Crippen LogP contribution in [-0.4, -0.2) is 36.0 Å². The van der Waals surface area contributed by atoms with Crippen molar-refractivity contribution < 1.29 is 9.18 Å². The predicted molar refractivity (Wildman–Crippen MR) is 67.9 cm³/mol. The fourth-order valence-corrected chi connectivity index (χ4v) is 1.50. The van der Waals surface area contributed by atoms with Crippen molar-refractivity contribution in [1.29, 1.82) is 0 Å². The molecule has 0 atom stereocenters. The van der Waals surface area contributed by atoms with Crippen molar-refractivity contribution in [2.24, 2.45) is 5.73 Å². The molecule has 0 aliphatic heterocycles. The number of nitrogens with one attached hydrogen (secondary N) is 1. The molecule has 0 bridgehead atoms. The SMILES string of the molecule is CCCCN(CC(N)=O)c1nc(NC)ncc1F. The number of hydrogen-bond donors (Lipinski definition) is 2. The Bertz CT molecular complexity index is 412. The minimum absolute atomic E-state index is 0.0584. The van der Waals surface area contributed by atoms with Crippen molar-refractivity contribution in [3.05, 3.63) is 12.0 Å². The number of nitrogens with zero attached hydrogens (tertiary/aromatic N) is 3. The summed E-state index contributed by atoms with van der Waals surface area (Å²) in [4.78, 5) is 20.3. The van der Waals surface area contributed by atoms with Crippen LogP contribution in [0.1, 0.15) is 19.8 Å². The molecular formula is C11H18FN5O. The first kappa shape index (κ1) is 14.1. The summed E-state index contributed by atoms with van der Waals surface area (Å²) in [7, 11) is 1.64. The van der Waals surface area contributed by atoms with Crippen molar-refractivity contribution in [2.45, 2.75) is 19.8 Å². The van der Waals surface area contributed by atoms with Gasteiger partial charge in [-0.3, -0.25) is 4.79 Å². The van der Waals surface area contributed by atoms with Crippen molar-refractivity contribution in [2.75, 3.05) is 30.4 Å². The molecule has 0 radical (unpaired) electrons. The van der Waals surface area contributed by atoms with Gasteiger partial charge in [-0.05, 0) is 6.42 Å². The molecule has 1 rings (SSSR count). The molecule has 0 saturated carbocycles. The van der Waals surface area contributed by atoms with E-state index in [1.54, 1.807) is 7.05 Å². The molecule has 0 spiro atoms. The molecule has 1 aromatic rings. The molecule has 1 heterocycles. The Balaban J connectivity index is 2.98. The quantitative estimate of drug-likeness (QED) is 0.751. The first-order chi connectivity index (χ1) is 8.58. The van der Waals surface area contributed by atoms with Crippen LogP contribution in [0, 0.1) is 5.82 Å². The zero-order chi connectivity index (χ0) is 13.5. The number of primary amides is 1. The molecule has 100 valence electrons. The third-order valence-corrected chi connectivity index (χ3v) is 2.38. The zero-order valence-corrected chi connectivity index (χ0v) is 10.6. The van der Waals surface area contributed by atoms with E-state index in [0.717, 1.165) is 19.0 Å². The van der Waals surface area contributed by atoms with E-state index >= 15 is 0 Å². The second kappa shape index (κ2) is 6.73. The summed E-state index contributed by atoms with van der Waals surface area (Å²) in [6, 6.07) is 0. The summed E-state index contributed by atoms with van der Waals surface area (Å²) in [5.41, 5.74) is 5.16. The number of carbonyl (C=O) groups excluding carboxylic acids is 1. The summed E-state index contributed by atoms with van der Waals surface area (Å²) < 4.78 is 13.7. The lowest BCUT2D eigenvalue weighted by molar-refractivity contribution is -0.116. The van der Waals surface area contributed by atoms with Gasteiger partial charge in [-0.15, -0.1) is 0 Å². The summed E-state index contributed by atoms with van der Waals surface area (Å²) in [6.45, 7) is 2.48. The minimum atomic E-state index is -0.564. The summed E-state index contributed by atoms with van der Waals surface area (Å²) in [5, 5.41) is 2.73. The van der Waals surface area contributed by atoms with Gasteiger partial charge in [0.25, 0.3) is 0 Å². The van der Waals surface area contributed by atoms with E-state index in [1.165, 1.54) is 4.90 Å². The van der Waals surface area contributed by atoms with Gasteiger partial charge in [0.1, 0.15) is 0 Å². The van der Waals surface area contributed by atoms with Crippen LogP contribution in [0.25, 0.3) is 0 Å². The number of rotatable bonds is 7. The summed E-state index contributed by atoms with van der Waals surface area (Å²) in [6.07, 6.45) is 2.83. The third-order valence-electron chi connectivity index (χ3n) is 2.38. The largest absolute Gasteiger partial charge is 0.368 e. The van der Waals surface area contributed by atoms with Gasteiger partial charge in [-0.1, -0.05) is 13.3 Å². The number of anilines is 2. The summed E-state index contributed by atoms with van der Waals surface area (Å²) in [5.74, 6) is -0.680. The highest BCUT2D eigenvalue weighted by Gasteiger charge is 2.16. The number of nitrogens with two attached hydrogens (primary N) is 1. The summed E-state index contributed by atoms with van der Waals surface area (Å²) >= 11 is 0. The smallest absolute Gasteiger partial charge is 0.237 e. The monoisotopic (exact) mass is 255 g/mol. The second-order valence-corrected chi connectivity index (χ2v) is 3.86. The van der Waals surface area contributed by atoms with Gasteiger partial charge in [0, 0.05) is 13.6 Å². The van der Waals surface area contributed by atoms with Crippen LogP contribution in [0.4, 0.5) is 16.2 Å². The lowest BCUT2D eigenvalue weighted by atomic mass is 10.3. The van der Waals surface area contributed by atoms with E-state index < -0.39 is 11.7 Å². The van der Waals surface area contributed by atoms with E-state index in [-0.39, 0.29) is 12.4 Å². The first-order valence-corrected chi connectivity index (χ1v) is 5.82. The van der Waals surface area contributed by atoms with Gasteiger partial charge in [0.05, 0.1) is 12.7 Å². The molecule has 0 saturated heterocycles. The number of unbranched alkanes of at least 4 members (excludes halogenated alkanes) is 1. The van der Waals surface area contributed by atoms with Crippen LogP contribution in [0.5, 0.6) is 0 Å². The Morgan fingerprint density at radius 2 is 2.33 bits per heavy atom. The third kappa shape index (κ3) is 3.83. The average Bonchev–Trinajstić information content (AvgIpc) is 2.35. The van der Waals surface area contributed by atoms with Gasteiger partial charge >= 0.3 is 0 Å². The lowest BCUT2D eigenvalue weighted by Gasteiger charge is -2.22. The van der Waals surface area contributed by atoms with Gasteiger partial charge in [0.2, 0.25) is 11.9 Å². The standard InChI is InChI=1S/C11H18FN5O/c1-3-4-5-17(7-9(13)18)10-8(12)6-15-11(14-2)16-10/h6H,3-5,7H2,1-2H3,(H2,13,18)(H,14,15,16). The number of carbonyl (C=O) groups is 1. The van der Waals surface area contributed by atoms with Crippen molar-refractivity contribution in [3.8, 4) is 0 Å². The Labute approximate surface area is 105 Å². The molecule has 1 amide bonds. The van der Waals surface area contributed by atoms with Crippen molar-refractivity contribution >= 4 is 17.7 Å². The van der Waals surface area contributed by atoms with Crippen LogP contribution >= 0.6 is 0 Å². The molecule has 7 heteroatoms. The van der Waals surface area contributed by atoms with E-state index in [9.17, 15) is 9.18 Å². The Morgan fingerprint density at radius 1 is 1.61 bits per heavy atom. The number of halogens is 1. The van der Waals surface area contributed by atoms with Gasteiger partial charge < -0.3 is 16.0 Å². The molecular weight excluding hydrogens is 237 g/mol. The fraction of sp³-hybridized carbons (Fsp3) is 0.545. The average molecular weight is 255 g/mol. The molecule has 6 nitrogen and oxygen atoms in total. The molecule has 3 N–H and O–H groups in total. The van der Waals surface area contributed by atoms with Crippen LogP contribution in [0.2, 0.25) is 0 Å². The molecule has 0 fully saturated rings. The maximum Gasteiger partial charge on any atom is 0.237 e. The van der Waals surface area contributed by atoms with E-state index in [1.807, 2.05) is 6.92 Å². The maximum atomic E-state index is 13.7. The topological polar surface area (TPSA) is 84.1 Å². The minimum Gasteiger partial charge on any atom is -0.368 e. The number of hydrogen-bond acceptors (Lipinski definition) is 5. The fourth-order valence-electron chi connectivity index (χ4n) is 1.50. The Hall–Kier alpha value is -1.92. The predicted octanol–water partition coefficient (Wildman–Crippen LogP) is 0.749. The second-order valence-electron chi connectivity index (χ2n) is 3.86. The lowest BCUT2D eigenvalue weighted by Crippen LogP contribution is -2.35. The molecule has 0 aliphatic carbocycles. The van der Waals surface area contributed by atoms with Gasteiger partial charge in [-0.25, -0.2) is 9.37 Å². The van der Waals surface area contributed by atoms with E-state index in [2.05, 4.69) is 15.3 Å². The molecule has 18 heavy (non-hydrogen) atoms. The van der Waals surface area contributed by atoms with Crippen LogP contribution in [-0.2, 0) is 4.79 Å². The number of aromatic nitrogens is 2. The Kier molecular flexibility index (Phi) is 5.29. The highest BCUT2D eigenvalue weighted by molar-refractivity contribution is 5.79. The van der Waals surface area contributed by atoms with Crippen LogP contribution in [0.15, 0.2) is 6.20 Å². The first-order valence-electron chi connectivity index (χ1n) is 5.82. The van der Waals surface area contributed by atoms with Crippen molar-refractivity contribution in [1.82, 2.24) is 9.97 Å². The molecule has 0 unspecified atom stereocenters. The number of amides is 1. The van der Waals surface area contributed by atoms with E-state index in [0.29, 0.717) is 12.5 Å². The van der Waals surface area contributed by atoms with Crippen LogP contribution < -0.4 is 16.0 Å². The van der Waals surface area contributed by atoms with Gasteiger partial charge in [-0.2, -0.15) is 4.98 Å². The molecule has 0 aliphatic rings. The van der Waals surface area contributed by atoms with E-state index in [4.69, 9.17) is 5.73 Å².